The van der Waals surface area contributed by atoms with E-state index in [0.29, 0.717) is 6.08 Å². The maximum absolute atomic E-state index is 9.90. The van der Waals surface area contributed by atoms with E-state index in [1.54, 1.807) is 6.92 Å². The van der Waals surface area contributed by atoms with Gasteiger partial charge in [0.1, 0.15) is 0 Å². The van der Waals surface area contributed by atoms with Crippen LogP contribution in [0.2, 0.25) is 0 Å². The van der Waals surface area contributed by atoms with Crippen LogP contribution < -0.4 is 0 Å². The molecule has 0 aliphatic carbocycles. The molecule has 6 nitrogen and oxygen atoms in total. The number of aliphatic carboxylic acids is 3. The van der Waals surface area contributed by atoms with Crippen LogP contribution >= 0.6 is 0 Å². The van der Waals surface area contributed by atoms with Gasteiger partial charge in [-0.3, -0.25) is 0 Å². The molecular formula is C9H12O6. The van der Waals surface area contributed by atoms with E-state index in [1.165, 1.54) is 13.0 Å². The summed E-state index contributed by atoms with van der Waals surface area (Å²) in [4.78, 5) is 29.2. The van der Waals surface area contributed by atoms with Gasteiger partial charge in [0.15, 0.2) is 0 Å². The van der Waals surface area contributed by atoms with Gasteiger partial charge in [0, 0.05) is 17.7 Å². The summed E-state index contributed by atoms with van der Waals surface area (Å²) in [5, 5.41) is 23.9. The summed E-state index contributed by atoms with van der Waals surface area (Å²) >= 11 is 0. The number of carboxylic acid groups (broad SMARTS) is 3. The van der Waals surface area contributed by atoms with E-state index < -0.39 is 17.9 Å². The Morgan fingerprint density at radius 3 is 1.53 bits per heavy atom. The monoisotopic (exact) mass is 216 g/mol. The van der Waals surface area contributed by atoms with Crippen LogP contribution in [-0.2, 0) is 14.4 Å². The second-order valence-electron chi connectivity index (χ2n) is 2.31. The van der Waals surface area contributed by atoms with Crippen molar-refractivity contribution in [2.24, 2.45) is 0 Å². The molecule has 0 aliphatic heterocycles. The predicted molar refractivity (Wildman–Crippen MR) is 51.5 cm³/mol. The van der Waals surface area contributed by atoms with Crippen molar-refractivity contribution in [3.8, 4) is 0 Å². The highest BCUT2D eigenvalue weighted by molar-refractivity contribution is 5.93. The summed E-state index contributed by atoms with van der Waals surface area (Å²) in [6.07, 6.45) is 3.20. The summed E-state index contributed by atoms with van der Waals surface area (Å²) in [6, 6.07) is 0. The number of hydrogen-bond donors (Lipinski definition) is 3. The van der Waals surface area contributed by atoms with Gasteiger partial charge in [-0.25, -0.2) is 14.4 Å². The Morgan fingerprint density at radius 2 is 1.47 bits per heavy atom. The Morgan fingerprint density at radius 1 is 1.00 bits per heavy atom. The smallest absolute Gasteiger partial charge is 0.331 e. The van der Waals surface area contributed by atoms with Crippen molar-refractivity contribution < 1.29 is 29.7 Å². The average molecular weight is 216 g/mol. The average Bonchev–Trinajstić information content (AvgIpc) is 2.03. The summed E-state index contributed by atoms with van der Waals surface area (Å²) in [7, 11) is 0. The first-order chi connectivity index (χ1) is 6.81. The van der Waals surface area contributed by atoms with Gasteiger partial charge in [0.05, 0.1) is 0 Å². The first-order valence-electron chi connectivity index (χ1n) is 3.81. The Labute approximate surface area is 86.2 Å². The van der Waals surface area contributed by atoms with Gasteiger partial charge in [-0.15, -0.1) is 0 Å². The van der Waals surface area contributed by atoms with Crippen LogP contribution in [0, 0.1) is 0 Å². The largest absolute Gasteiger partial charge is 0.478 e. The van der Waals surface area contributed by atoms with Crippen LogP contribution in [0.15, 0.2) is 23.8 Å². The molecule has 0 aliphatic rings. The third-order valence-corrected chi connectivity index (χ3v) is 0.987. The minimum Gasteiger partial charge on any atom is -0.478 e. The lowest BCUT2D eigenvalue weighted by Crippen LogP contribution is -1.99. The molecule has 84 valence electrons. The number of allylic oxidation sites excluding steroid dienone is 1. The van der Waals surface area contributed by atoms with Gasteiger partial charge in [0.25, 0.3) is 0 Å². The summed E-state index contributed by atoms with van der Waals surface area (Å²) in [5.41, 5.74) is -0.178. The van der Waals surface area contributed by atoms with Crippen LogP contribution in [0.25, 0.3) is 0 Å². The van der Waals surface area contributed by atoms with Gasteiger partial charge < -0.3 is 15.3 Å². The van der Waals surface area contributed by atoms with Gasteiger partial charge in [0.2, 0.25) is 0 Å². The Kier molecular flexibility index (Phi) is 8.69. The fourth-order valence-electron chi connectivity index (χ4n) is 0.390. The Hall–Kier alpha value is -2.11. The van der Waals surface area contributed by atoms with Crippen LogP contribution in [0.1, 0.15) is 13.8 Å². The molecule has 0 heterocycles. The maximum Gasteiger partial charge on any atom is 0.331 e. The number of carbonyl (C=O) groups is 3. The molecule has 0 saturated heterocycles. The van der Waals surface area contributed by atoms with Gasteiger partial charge in [-0.2, -0.15) is 0 Å². The molecule has 15 heavy (non-hydrogen) atoms. The summed E-state index contributed by atoms with van der Waals surface area (Å²) in [6.45, 7) is 2.88. The van der Waals surface area contributed by atoms with E-state index >= 15 is 0 Å². The highest BCUT2D eigenvalue weighted by atomic mass is 16.4. The molecule has 3 N–H and O–H groups in total. The zero-order valence-electron chi connectivity index (χ0n) is 8.30. The van der Waals surface area contributed by atoms with E-state index in [1.807, 2.05) is 0 Å². The first-order valence-corrected chi connectivity index (χ1v) is 3.81. The highest BCUT2D eigenvalue weighted by Crippen LogP contribution is 1.89. The molecule has 0 aromatic rings. The number of carboxylic acids is 3. The molecule has 0 amide bonds. The minimum atomic E-state index is -1.24. The van der Waals surface area contributed by atoms with Crippen molar-refractivity contribution >= 4 is 17.9 Å². The van der Waals surface area contributed by atoms with Gasteiger partial charge in [-0.1, -0.05) is 6.08 Å². The summed E-state index contributed by atoms with van der Waals surface area (Å²) < 4.78 is 0. The van der Waals surface area contributed by atoms with Crippen molar-refractivity contribution in [1.29, 1.82) is 0 Å². The van der Waals surface area contributed by atoms with E-state index in [0.717, 1.165) is 6.08 Å². The van der Waals surface area contributed by atoms with Crippen LogP contribution in [0.4, 0.5) is 0 Å². The zero-order chi connectivity index (χ0) is 12.4. The highest BCUT2D eigenvalue weighted by Gasteiger charge is 2.00. The molecule has 0 fully saturated rings. The third kappa shape index (κ3) is 14.7. The molecular weight excluding hydrogens is 204 g/mol. The van der Waals surface area contributed by atoms with Crippen molar-refractivity contribution in [2.75, 3.05) is 0 Å². The van der Waals surface area contributed by atoms with Gasteiger partial charge in [-0.05, 0) is 13.8 Å². The predicted octanol–water partition coefficient (Wildman–Crippen LogP) is 0.749. The second-order valence-corrected chi connectivity index (χ2v) is 2.31. The van der Waals surface area contributed by atoms with Crippen LogP contribution in [0.5, 0.6) is 0 Å². The SMILES string of the molecule is CC(=CC(=O)O)C(=O)O.CC=CC(=O)O. The fourth-order valence-corrected chi connectivity index (χ4v) is 0.390. The molecule has 0 unspecified atom stereocenters. The third-order valence-electron chi connectivity index (χ3n) is 0.987. The molecule has 0 atom stereocenters. The normalized spacial score (nSPS) is 10.4. The van der Waals surface area contributed by atoms with Gasteiger partial charge >= 0.3 is 17.9 Å². The molecule has 0 saturated carbocycles. The van der Waals surface area contributed by atoms with Crippen molar-refractivity contribution in [3.63, 3.8) is 0 Å². The van der Waals surface area contributed by atoms with Crippen LogP contribution in [-0.4, -0.2) is 33.2 Å². The standard InChI is InChI=1S/C5H6O4.C4H6O2/c1-3(5(8)9)2-4(6)7;1-2-3-4(5)6/h2H,1H3,(H,6,7)(H,8,9);2-3H,1H3,(H,5,6). The molecule has 0 radical (unpaired) electrons. The maximum atomic E-state index is 9.90. The van der Waals surface area contributed by atoms with E-state index in [4.69, 9.17) is 15.3 Å². The molecule has 0 aromatic heterocycles. The lowest BCUT2D eigenvalue weighted by molar-refractivity contribution is -0.135. The summed E-state index contributed by atoms with van der Waals surface area (Å²) in [5.74, 6) is -3.34. The van der Waals surface area contributed by atoms with Crippen molar-refractivity contribution in [1.82, 2.24) is 0 Å². The van der Waals surface area contributed by atoms with E-state index in [-0.39, 0.29) is 5.57 Å². The minimum absolute atomic E-state index is 0.178. The molecule has 6 heteroatoms. The zero-order valence-corrected chi connectivity index (χ0v) is 8.30. The molecule has 0 aromatic carbocycles. The van der Waals surface area contributed by atoms with E-state index in [2.05, 4.69) is 0 Å². The quantitative estimate of drug-likeness (QED) is 0.600. The lowest BCUT2D eigenvalue weighted by atomic mass is 10.3. The molecule has 0 rings (SSSR count). The number of hydrogen-bond acceptors (Lipinski definition) is 3. The Bertz CT molecular complexity index is 300. The number of rotatable bonds is 3. The fraction of sp³-hybridized carbons (Fsp3) is 0.222. The topological polar surface area (TPSA) is 112 Å². The second kappa shape index (κ2) is 8.49. The van der Waals surface area contributed by atoms with Crippen LogP contribution in [0.3, 0.4) is 0 Å². The van der Waals surface area contributed by atoms with Crippen molar-refractivity contribution in [3.05, 3.63) is 23.8 Å². The Balaban J connectivity index is 0. The van der Waals surface area contributed by atoms with E-state index in [9.17, 15) is 14.4 Å². The molecule has 0 spiro atoms. The lowest BCUT2D eigenvalue weighted by Gasteiger charge is -1.86. The molecule has 0 bridgehead atoms. The van der Waals surface area contributed by atoms with Crippen molar-refractivity contribution in [2.45, 2.75) is 13.8 Å². The first kappa shape index (κ1) is 15.4.